The average Bonchev–Trinajstić information content (AvgIpc) is 3.33. The number of ether oxygens (including phenoxy) is 1. The Morgan fingerprint density at radius 2 is 2.00 bits per heavy atom. The first kappa shape index (κ1) is 22.4. The molecule has 0 aliphatic carbocycles. The quantitative estimate of drug-likeness (QED) is 0.456. The molecule has 0 unspecified atom stereocenters. The number of thiophene rings is 2. The van der Waals surface area contributed by atoms with Crippen molar-refractivity contribution in [3.05, 3.63) is 44.0 Å². The monoisotopic (exact) mass is 445 g/mol. The highest BCUT2D eigenvalue weighted by Crippen LogP contribution is 2.35. The van der Waals surface area contributed by atoms with E-state index < -0.39 is 0 Å². The molecular weight excluding hydrogens is 421 g/mol. The first-order chi connectivity index (χ1) is 13.1. The molecule has 3 aromatic rings. The van der Waals surface area contributed by atoms with Gasteiger partial charge in [0.15, 0.2) is 0 Å². The largest absolute Gasteiger partial charge is 0.381 e. The Balaban J connectivity index is 0.000000244. The predicted octanol–water partition coefficient (Wildman–Crippen LogP) is 6.43. The third-order valence-corrected chi connectivity index (χ3v) is 6.24. The number of nitrogens with zero attached hydrogens (tertiary/aromatic N) is 1. The van der Waals surface area contributed by atoms with Crippen molar-refractivity contribution in [2.24, 2.45) is 5.73 Å². The van der Waals surface area contributed by atoms with Gasteiger partial charge in [0.25, 0.3) is 0 Å². The van der Waals surface area contributed by atoms with E-state index in [9.17, 15) is 0 Å². The second kappa shape index (κ2) is 11.8. The van der Waals surface area contributed by atoms with Gasteiger partial charge in [0.1, 0.15) is 10.7 Å². The van der Waals surface area contributed by atoms with E-state index in [1.165, 1.54) is 4.88 Å². The van der Waals surface area contributed by atoms with E-state index in [0.717, 1.165) is 48.5 Å². The van der Waals surface area contributed by atoms with Crippen LogP contribution < -0.4 is 11.1 Å². The lowest BCUT2D eigenvalue weighted by molar-refractivity contribution is 0.0866. The molecule has 8 heteroatoms. The number of rotatable bonds is 3. The summed E-state index contributed by atoms with van der Waals surface area (Å²) < 4.78 is 6.10. The van der Waals surface area contributed by atoms with Gasteiger partial charge in [0.05, 0.1) is 15.4 Å². The molecule has 4 rings (SSSR count). The average molecular weight is 446 g/mol. The van der Waals surface area contributed by atoms with Crippen LogP contribution in [0.15, 0.2) is 29.0 Å². The fourth-order valence-electron chi connectivity index (χ4n) is 2.39. The summed E-state index contributed by atoms with van der Waals surface area (Å²) in [6, 6.07) is 6.39. The second-order valence-electron chi connectivity index (χ2n) is 5.64. The minimum Gasteiger partial charge on any atom is -0.381 e. The minimum absolute atomic E-state index is 0.411. The Bertz CT molecular complexity index is 803. The molecule has 0 saturated carbocycles. The second-order valence-corrected chi connectivity index (χ2v) is 8.34. The van der Waals surface area contributed by atoms with Crippen molar-refractivity contribution in [3.8, 4) is 0 Å². The number of nitrogens with one attached hydrogen (secondary N) is 1. The molecule has 0 spiro atoms. The van der Waals surface area contributed by atoms with E-state index in [4.69, 9.17) is 33.7 Å². The van der Waals surface area contributed by atoms with E-state index in [2.05, 4.69) is 21.7 Å². The van der Waals surface area contributed by atoms with E-state index in [-0.39, 0.29) is 0 Å². The van der Waals surface area contributed by atoms with E-state index in [1.807, 2.05) is 31.4 Å². The van der Waals surface area contributed by atoms with E-state index >= 15 is 0 Å². The van der Waals surface area contributed by atoms with Crippen LogP contribution in [0.4, 0.5) is 5.69 Å². The van der Waals surface area contributed by atoms with Crippen molar-refractivity contribution in [1.29, 1.82) is 0 Å². The van der Waals surface area contributed by atoms with Gasteiger partial charge >= 0.3 is 0 Å². The Kier molecular flexibility index (Phi) is 9.82. The van der Waals surface area contributed by atoms with Crippen LogP contribution in [0.1, 0.15) is 31.6 Å². The maximum Gasteiger partial charge on any atom is 0.131 e. The summed E-state index contributed by atoms with van der Waals surface area (Å²) >= 11 is 15.4. The third kappa shape index (κ3) is 6.89. The lowest BCUT2D eigenvalue weighted by Crippen LogP contribution is -2.28. The maximum absolute atomic E-state index is 6.08. The van der Waals surface area contributed by atoms with Gasteiger partial charge in [0, 0.05) is 42.1 Å². The Hall–Kier alpha value is -0.890. The zero-order chi connectivity index (χ0) is 19.6. The zero-order valence-electron chi connectivity index (χ0n) is 15.5. The minimum atomic E-state index is 0.411. The molecule has 148 valence electrons. The van der Waals surface area contributed by atoms with Crippen LogP contribution in [-0.4, -0.2) is 24.2 Å². The topological polar surface area (TPSA) is 60.2 Å². The molecule has 1 aliphatic heterocycles. The molecule has 0 amide bonds. The number of halogens is 2. The van der Waals surface area contributed by atoms with E-state index in [0.29, 0.717) is 16.2 Å². The van der Waals surface area contributed by atoms with Crippen molar-refractivity contribution < 1.29 is 4.74 Å². The fraction of sp³-hybridized carbons (Fsp3) is 0.421. The number of nitrogens with two attached hydrogens (primary N) is 1. The molecule has 27 heavy (non-hydrogen) atoms. The molecule has 0 aromatic carbocycles. The smallest absolute Gasteiger partial charge is 0.131 e. The van der Waals surface area contributed by atoms with Gasteiger partial charge in [0.2, 0.25) is 0 Å². The van der Waals surface area contributed by atoms with Crippen molar-refractivity contribution >= 4 is 61.8 Å². The lowest BCUT2D eigenvalue weighted by Gasteiger charge is -2.16. The standard InChI is InChI=1S/C12H8Cl2N2S2.C5H11NO.C2H6/c13-8-6-18-12-9(4-10(14)16-11(8)12)15-5-7-2-1-3-17-7;6-5-1-3-7-4-2-5;1-2/h1-4,6H,5H2,(H,15,16);5H,1-4,6H2;1-2H3. The number of pyridine rings is 1. The molecule has 3 aromatic heterocycles. The van der Waals surface area contributed by atoms with Gasteiger partial charge in [-0.2, -0.15) is 0 Å². The summed E-state index contributed by atoms with van der Waals surface area (Å²) in [5.41, 5.74) is 7.30. The number of anilines is 1. The van der Waals surface area contributed by atoms with Crippen molar-refractivity contribution in [2.75, 3.05) is 18.5 Å². The highest BCUT2D eigenvalue weighted by atomic mass is 35.5. The number of hydrogen-bond donors (Lipinski definition) is 2. The molecule has 1 fully saturated rings. The molecule has 0 atom stereocenters. The van der Waals surface area contributed by atoms with Gasteiger partial charge < -0.3 is 15.8 Å². The Morgan fingerprint density at radius 1 is 1.26 bits per heavy atom. The van der Waals surface area contributed by atoms with Gasteiger partial charge in [-0.1, -0.05) is 43.1 Å². The molecule has 1 aliphatic rings. The first-order valence-electron chi connectivity index (χ1n) is 8.96. The summed E-state index contributed by atoms with van der Waals surface area (Å²) in [4.78, 5) is 5.52. The molecule has 1 saturated heterocycles. The highest BCUT2D eigenvalue weighted by molar-refractivity contribution is 7.18. The molecule has 0 bridgehead atoms. The summed E-state index contributed by atoms with van der Waals surface area (Å²) in [7, 11) is 0. The fourth-order valence-corrected chi connectivity index (χ4v) is 4.42. The van der Waals surface area contributed by atoms with Gasteiger partial charge in [-0.05, 0) is 24.3 Å². The molecule has 0 radical (unpaired) electrons. The van der Waals surface area contributed by atoms with Crippen LogP contribution in [0.5, 0.6) is 0 Å². The van der Waals surface area contributed by atoms with Gasteiger partial charge in [-0.3, -0.25) is 0 Å². The number of aromatic nitrogens is 1. The van der Waals surface area contributed by atoms with Crippen molar-refractivity contribution in [3.63, 3.8) is 0 Å². The molecular formula is C19H25Cl2N3OS2. The van der Waals surface area contributed by atoms with Crippen molar-refractivity contribution in [2.45, 2.75) is 39.3 Å². The summed E-state index contributed by atoms with van der Waals surface area (Å²) in [6.07, 6.45) is 2.08. The van der Waals surface area contributed by atoms with Gasteiger partial charge in [-0.15, -0.1) is 22.7 Å². The highest BCUT2D eigenvalue weighted by Gasteiger charge is 2.10. The van der Waals surface area contributed by atoms with Crippen LogP contribution in [-0.2, 0) is 11.3 Å². The van der Waals surface area contributed by atoms with Crippen LogP contribution in [0.25, 0.3) is 10.2 Å². The summed E-state index contributed by atoms with van der Waals surface area (Å²) in [6.45, 7) is 6.50. The predicted molar refractivity (Wildman–Crippen MR) is 121 cm³/mol. The normalized spacial score (nSPS) is 14.1. The Labute approximate surface area is 178 Å². The molecule has 3 N–H and O–H groups in total. The summed E-state index contributed by atoms with van der Waals surface area (Å²) in [5.74, 6) is 0. The number of fused-ring (bicyclic) bond motifs is 1. The zero-order valence-corrected chi connectivity index (χ0v) is 18.6. The third-order valence-electron chi connectivity index (χ3n) is 3.75. The van der Waals surface area contributed by atoms with Crippen LogP contribution in [0, 0.1) is 0 Å². The maximum atomic E-state index is 6.08. The van der Waals surface area contributed by atoms with E-state index in [1.54, 1.807) is 22.7 Å². The lowest BCUT2D eigenvalue weighted by atomic mass is 10.1. The Morgan fingerprint density at radius 3 is 2.59 bits per heavy atom. The van der Waals surface area contributed by atoms with Crippen LogP contribution in [0.2, 0.25) is 10.2 Å². The summed E-state index contributed by atoms with van der Waals surface area (Å²) in [5, 5.41) is 8.43. The first-order valence-corrected chi connectivity index (χ1v) is 11.5. The SMILES string of the molecule is CC.Clc1cc(NCc2cccs2)c2scc(Cl)c2n1.NC1CCOCC1. The molecule has 4 nitrogen and oxygen atoms in total. The van der Waals surface area contributed by atoms with Crippen molar-refractivity contribution in [1.82, 2.24) is 4.98 Å². The number of hydrogen-bond acceptors (Lipinski definition) is 6. The van der Waals surface area contributed by atoms with Crippen LogP contribution in [0.3, 0.4) is 0 Å². The van der Waals surface area contributed by atoms with Crippen LogP contribution >= 0.6 is 45.9 Å². The molecule has 4 heterocycles. The van der Waals surface area contributed by atoms with Gasteiger partial charge in [-0.25, -0.2) is 4.98 Å².